The Hall–Kier alpha value is -2.37. The van der Waals surface area contributed by atoms with Crippen LogP contribution >= 0.6 is 11.6 Å². The highest BCUT2D eigenvalue weighted by atomic mass is 35.5. The molecule has 0 N–H and O–H groups in total. The number of ether oxygens (including phenoxy) is 1. The second-order valence-corrected chi connectivity index (χ2v) is 7.84. The Morgan fingerprint density at radius 1 is 1.25 bits per heavy atom. The fraction of sp³-hybridized carbons (Fsp3) is 0.364. The number of methoxy groups -OCH3 is 1. The number of benzene rings is 1. The fourth-order valence-electron chi connectivity index (χ4n) is 3.46. The van der Waals surface area contributed by atoms with Crippen LogP contribution in [-0.4, -0.2) is 28.5 Å². The van der Waals surface area contributed by atoms with E-state index in [2.05, 4.69) is 23.7 Å². The van der Waals surface area contributed by atoms with E-state index in [1.54, 1.807) is 7.11 Å². The second-order valence-electron chi connectivity index (χ2n) is 7.43. The minimum atomic E-state index is 0.358. The van der Waals surface area contributed by atoms with Crippen LogP contribution in [0.5, 0.6) is 5.75 Å². The van der Waals surface area contributed by atoms with E-state index in [1.165, 1.54) is 11.3 Å². The van der Waals surface area contributed by atoms with Gasteiger partial charge in [-0.15, -0.1) is 0 Å². The molecule has 0 atom stereocenters. The third-order valence-corrected chi connectivity index (χ3v) is 5.32. The van der Waals surface area contributed by atoms with Crippen molar-refractivity contribution in [3.63, 3.8) is 0 Å². The van der Waals surface area contributed by atoms with Crippen molar-refractivity contribution in [1.29, 1.82) is 0 Å². The minimum Gasteiger partial charge on any atom is -0.495 e. The molecule has 6 heteroatoms. The molecule has 0 saturated heterocycles. The van der Waals surface area contributed by atoms with Crippen LogP contribution in [0.4, 0.5) is 0 Å². The van der Waals surface area contributed by atoms with Crippen molar-refractivity contribution in [2.75, 3.05) is 13.7 Å². The van der Waals surface area contributed by atoms with Gasteiger partial charge < -0.3 is 9.15 Å². The highest BCUT2D eigenvalue weighted by Crippen LogP contribution is 2.31. The Morgan fingerprint density at radius 2 is 2.11 bits per heavy atom. The summed E-state index contributed by atoms with van der Waals surface area (Å²) in [4.78, 5) is 11.6. The summed E-state index contributed by atoms with van der Waals surface area (Å²) < 4.78 is 11.3. The van der Waals surface area contributed by atoms with Gasteiger partial charge in [0.1, 0.15) is 23.1 Å². The molecule has 4 rings (SSSR count). The van der Waals surface area contributed by atoms with E-state index in [0.717, 1.165) is 49.0 Å². The van der Waals surface area contributed by atoms with Gasteiger partial charge in [-0.25, -0.2) is 9.97 Å². The number of furan rings is 1. The Bertz CT molecular complexity index is 984. The van der Waals surface area contributed by atoms with Gasteiger partial charge in [-0.3, -0.25) is 4.90 Å². The van der Waals surface area contributed by atoms with Gasteiger partial charge in [0.15, 0.2) is 0 Å². The number of nitrogens with zero attached hydrogens (tertiary/aromatic N) is 3. The van der Waals surface area contributed by atoms with E-state index in [0.29, 0.717) is 16.7 Å². The lowest BCUT2D eigenvalue weighted by molar-refractivity contribution is 0.224. The molecule has 5 nitrogen and oxygen atoms in total. The number of halogens is 1. The topological polar surface area (TPSA) is 51.4 Å². The molecule has 0 amide bonds. The van der Waals surface area contributed by atoms with Crippen LogP contribution in [0.1, 0.15) is 42.6 Å². The van der Waals surface area contributed by atoms with Gasteiger partial charge in [-0.1, -0.05) is 25.4 Å². The molecular formula is C22H24ClN3O2. The van der Waals surface area contributed by atoms with Crippen LogP contribution < -0.4 is 4.74 Å². The maximum Gasteiger partial charge on any atom is 0.137 e. The summed E-state index contributed by atoms with van der Waals surface area (Å²) in [5.74, 6) is 3.69. The SMILES string of the molecule is COc1ccc(-c2ccc(CN3CCc4nc(C(C)C)ncc4C3)o2)cc1Cl. The number of aromatic nitrogens is 2. The molecule has 0 fully saturated rings. The first-order chi connectivity index (χ1) is 13.5. The average molecular weight is 398 g/mol. The largest absolute Gasteiger partial charge is 0.495 e. The minimum absolute atomic E-state index is 0.358. The molecule has 3 aromatic rings. The van der Waals surface area contributed by atoms with E-state index in [-0.39, 0.29) is 0 Å². The number of fused-ring (bicyclic) bond motifs is 1. The highest BCUT2D eigenvalue weighted by molar-refractivity contribution is 6.32. The molecule has 0 saturated carbocycles. The van der Waals surface area contributed by atoms with Crippen molar-refractivity contribution in [3.8, 4) is 17.1 Å². The first-order valence-electron chi connectivity index (χ1n) is 9.53. The van der Waals surface area contributed by atoms with Crippen LogP contribution in [0, 0.1) is 0 Å². The lowest BCUT2D eigenvalue weighted by Crippen LogP contribution is -2.31. The molecule has 0 spiro atoms. The third-order valence-electron chi connectivity index (χ3n) is 5.03. The van der Waals surface area contributed by atoms with Crippen molar-refractivity contribution < 1.29 is 9.15 Å². The van der Waals surface area contributed by atoms with Crippen molar-refractivity contribution in [3.05, 3.63) is 64.4 Å². The molecule has 1 aliphatic heterocycles. The quantitative estimate of drug-likeness (QED) is 0.600. The highest BCUT2D eigenvalue weighted by Gasteiger charge is 2.20. The Morgan fingerprint density at radius 3 is 2.86 bits per heavy atom. The monoisotopic (exact) mass is 397 g/mol. The Kier molecular flexibility index (Phi) is 5.38. The molecule has 2 aromatic heterocycles. The van der Waals surface area contributed by atoms with Gasteiger partial charge in [0.25, 0.3) is 0 Å². The third kappa shape index (κ3) is 3.91. The van der Waals surface area contributed by atoms with Crippen molar-refractivity contribution in [1.82, 2.24) is 14.9 Å². The van der Waals surface area contributed by atoms with Gasteiger partial charge in [-0.05, 0) is 30.3 Å². The molecule has 1 aromatic carbocycles. The van der Waals surface area contributed by atoms with E-state index < -0.39 is 0 Å². The molecule has 1 aliphatic rings. The van der Waals surface area contributed by atoms with Gasteiger partial charge >= 0.3 is 0 Å². The average Bonchev–Trinajstić information content (AvgIpc) is 3.16. The zero-order valence-corrected chi connectivity index (χ0v) is 17.2. The zero-order valence-electron chi connectivity index (χ0n) is 16.4. The summed E-state index contributed by atoms with van der Waals surface area (Å²) >= 11 is 6.23. The van der Waals surface area contributed by atoms with Crippen LogP contribution in [0.3, 0.4) is 0 Å². The molecule has 0 aliphatic carbocycles. The van der Waals surface area contributed by atoms with E-state index >= 15 is 0 Å². The Labute approximate surface area is 170 Å². The fourth-order valence-corrected chi connectivity index (χ4v) is 3.72. The molecule has 28 heavy (non-hydrogen) atoms. The van der Waals surface area contributed by atoms with E-state index in [1.807, 2.05) is 36.5 Å². The van der Waals surface area contributed by atoms with Gasteiger partial charge in [0.05, 0.1) is 18.7 Å². The molecule has 0 bridgehead atoms. The van der Waals surface area contributed by atoms with Gasteiger partial charge in [0.2, 0.25) is 0 Å². The first-order valence-corrected chi connectivity index (χ1v) is 9.91. The zero-order chi connectivity index (χ0) is 19.7. The molecule has 0 radical (unpaired) electrons. The smallest absolute Gasteiger partial charge is 0.137 e. The van der Waals surface area contributed by atoms with Crippen LogP contribution in [0.25, 0.3) is 11.3 Å². The summed E-state index contributed by atoms with van der Waals surface area (Å²) in [5.41, 5.74) is 3.34. The summed E-state index contributed by atoms with van der Waals surface area (Å²) in [7, 11) is 1.61. The lowest BCUT2D eigenvalue weighted by atomic mass is 10.1. The lowest BCUT2D eigenvalue weighted by Gasteiger charge is -2.27. The van der Waals surface area contributed by atoms with Crippen molar-refractivity contribution in [2.45, 2.75) is 39.3 Å². The Balaban J connectivity index is 1.45. The van der Waals surface area contributed by atoms with E-state index in [4.69, 9.17) is 25.7 Å². The molecular weight excluding hydrogens is 374 g/mol. The molecule has 3 heterocycles. The van der Waals surface area contributed by atoms with Crippen LogP contribution in [0.2, 0.25) is 5.02 Å². The standard InChI is InChI=1S/C22H24ClN3O2/c1-14(2)22-24-11-16-12-26(9-8-19(16)25-22)13-17-5-7-20(28-17)15-4-6-21(27-3)18(23)10-15/h4-7,10-11,14H,8-9,12-13H2,1-3H3. The maximum atomic E-state index is 6.23. The number of rotatable bonds is 5. The van der Waals surface area contributed by atoms with Crippen LogP contribution in [-0.2, 0) is 19.5 Å². The molecule has 0 unspecified atom stereocenters. The predicted molar refractivity (Wildman–Crippen MR) is 110 cm³/mol. The predicted octanol–water partition coefficient (Wildman–Crippen LogP) is 5.08. The van der Waals surface area contributed by atoms with Gasteiger partial charge in [-0.2, -0.15) is 0 Å². The summed E-state index contributed by atoms with van der Waals surface area (Å²) in [6.07, 6.45) is 2.93. The summed E-state index contributed by atoms with van der Waals surface area (Å²) in [5, 5.41) is 0.575. The summed E-state index contributed by atoms with van der Waals surface area (Å²) in [6, 6.07) is 9.69. The van der Waals surface area contributed by atoms with Crippen molar-refractivity contribution >= 4 is 11.6 Å². The maximum absolute atomic E-state index is 6.23. The molecule has 146 valence electrons. The number of hydrogen-bond donors (Lipinski definition) is 0. The second kappa shape index (κ2) is 7.94. The normalized spacial score (nSPS) is 14.3. The number of hydrogen-bond acceptors (Lipinski definition) is 5. The summed E-state index contributed by atoms with van der Waals surface area (Å²) in [6.45, 7) is 6.82. The van der Waals surface area contributed by atoms with Crippen LogP contribution in [0.15, 0.2) is 40.9 Å². The van der Waals surface area contributed by atoms with E-state index in [9.17, 15) is 0 Å². The van der Waals surface area contributed by atoms with Gasteiger partial charge in [0, 0.05) is 48.4 Å². The van der Waals surface area contributed by atoms with Crippen molar-refractivity contribution in [2.24, 2.45) is 0 Å². The first kappa shape index (κ1) is 19.0.